The third kappa shape index (κ3) is 4.43. The maximum atomic E-state index is 13.3. The van der Waals surface area contributed by atoms with Gasteiger partial charge in [0.05, 0.1) is 0 Å². The fraction of sp³-hybridized carbons (Fsp3) is 0.208. The molecule has 0 radical (unpaired) electrons. The quantitative estimate of drug-likeness (QED) is 0.409. The van der Waals surface area contributed by atoms with Gasteiger partial charge in [-0.15, -0.1) is 0 Å². The van der Waals surface area contributed by atoms with Crippen molar-refractivity contribution >= 4 is 21.8 Å². The lowest BCUT2D eigenvalue weighted by Crippen LogP contribution is -2.42. The van der Waals surface area contributed by atoms with Gasteiger partial charge in [0.15, 0.2) is 0 Å². The molecule has 0 bridgehead atoms. The van der Waals surface area contributed by atoms with Crippen molar-refractivity contribution in [2.24, 2.45) is 0 Å². The van der Waals surface area contributed by atoms with Gasteiger partial charge in [-0.25, -0.2) is 13.2 Å². The molecule has 0 saturated carbocycles. The molecule has 3 aromatic carbocycles. The lowest BCUT2D eigenvalue weighted by Gasteiger charge is -2.31. The van der Waals surface area contributed by atoms with Crippen molar-refractivity contribution in [3.05, 3.63) is 82.6 Å². The lowest BCUT2D eigenvalue weighted by molar-refractivity contribution is -0.0494. The van der Waals surface area contributed by atoms with Crippen molar-refractivity contribution in [2.45, 2.75) is 18.8 Å². The number of likely N-dealkylation sites (tertiary alicyclic amines) is 1. The summed E-state index contributed by atoms with van der Waals surface area (Å²) in [5.74, 6) is -3.19. The summed E-state index contributed by atoms with van der Waals surface area (Å²) >= 11 is 3.54. The average molecular weight is 474 g/mol. The molecular weight excluding hydrogens is 455 g/mol. The van der Waals surface area contributed by atoms with Gasteiger partial charge in [-0.05, 0) is 58.7 Å². The van der Waals surface area contributed by atoms with E-state index in [1.54, 1.807) is 24.3 Å². The molecule has 0 spiro atoms. The van der Waals surface area contributed by atoms with Gasteiger partial charge in [-0.2, -0.15) is 0 Å². The summed E-state index contributed by atoms with van der Waals surface area (Å²) in [5.41, 5.74) is 4.18. The van der Waals surface area contributed by atoms with E-state index in [0.717, 1.165) is 26.7 Å². The number of hydrogen-bond donors (Lipinski definition) is 0. The zero-order chi connectivity index (χ0) is 21.3. The molecule has 3 aromatic rings. The highest BCUT2D eigenvalue weighted by Crippen LogP contribution is 2.33. The number of hydrogen-bond acceptors (Lipinski definition) is 1. The summed E-state index contributed by atoms with van der Waals surface area (Å²) in [5, 5.41) is 0. The van der Waals surface area contributed by atoms with Crippen LogP contribution >= 0.6 is 15.9 Å². The summed E-state index contributed by atoms with van der Waals surface area (Å²) < 4.78 is 40.8. The molecule has 1 saturated heterocycles. The third-order valence-corrected chi connectivity index (χ3v) is 6.06. The van der Waals surface area contributed by atoms with Crippen LogP contribution in [0, 0.1) is 5.82 Å². The van der Waals surface area contributed by atoms with Crippen LogP contribution in [-0.4, -0.2) is 29.8 Å². The van der Waals surface area contributed by atoms with Gasteiger partial charge in [0.2, 0.25) is 0 Å². The number of nitrogens with zero attached hydrogens (tertiary/aromatic N) is 1. The third-order valence-electron chi connectivity index (χ3n) is 5.37. The molecule has 0 atom stereocenters. The molecule has 6 heteroatoms. The molecule has 154 valence electrons. The normalized spacial score (nSPS) is 15.8. The van der Waals surface area contributed by atoms with Gasteiger partial charge in [-0.1, -0.05) is 46.3 Å². The number of rotatable bonds is 3. The van der Waals surface area contributed by atoms with Crippen molar-refractivity contribution < 1.29 is 18.0 Å². The highest BCUT2D eigenvalue weighted by atomic mass is 79.9. The molecule has 2 nitrogen and oxygen atoms in total. The fourth-order valence-corrected chi connectivity index (χ4v) is 4.06. The molecule has 0 N–H and O–H groups in total. The van der Waals surface area contributed by atoms with E-state index in [2.05, 4.69) is 15.9 Å². The van der Waals surface area contributed by atoms with Crippen molar-refractivity contribution in [3.8, 4) is 22.3 Å². The van der Waals surface area contributed by atoms with Crippen molar-refractivity contribution in [1.29, 1.82) is 0 Å². The fourth-order valence-electron chi connectivity index (χ4n) is 3.58. The maximum Gasteiger partial charge on any atom is 0.253 e. The van der Waals surface area contributed by atoms with Crippen LogP contribution in [0.15, 0.2) is 71.2 Å². The van der Waals surface area contributed by atoms with Gasteiger partial charge in [0.25, 0.3) is 11.8 Å². The highest BCUT2D eigenvalue weighted by Gasteiger charge is 2.35. The second-order valence-electron chi connectivity index (χ2n) is 7.43. The van der Waals surface area contributed by atoms with Crippen molar-refractivity contribution in [3.63, 3.8) is 0 Å². The minimum Gasteiger partial charge on any atom is -0.338 e. The lowest BCUT2D eigenvalue weighted by atomic mass is 9.98. The predicted molar refractivity (Wildman–Crippen MR) is 115 cm³/mol. The number of alkyl halides is 2. The van der Waals surface area contributed by atoms with Gasteiger partial charge in [0.1, 0.15) is 5.82 Å². The Bertz CT molecular complexity index is 1050. The molecule has 1 heterocycles. The largest absolute Gasteiger partial charge is 0.338 e. The number of benzene rings is 3. The SMILES string of the molecule is O=C(c1ccc(-c2ccc(Br)c(-c3ccc(F)cc3)c2)cc1)N1CCC(F)(F)CC1. The molecule has 1 aliphatic heterocycles. The number of halogens is 4. The molecule has 4 rings (SSSR count). The van der Waals surface area contributed by atoms with Crippen LogP contribution in [0.4, 0.5) is 13.2 Å². The van der Waals surface area contributed by atoms with Crippen molar-refractivity contribution in [1.82, 2.24) is 4.90 Å². The Morgan fingerprint density at radius 1 is 0.833 bits per heavy atom. The molecule has 1 fully saturated rings. The molecule has 0 aromatic heterocycles. The minimum absolute atomic E-state index is 0.0708. The van der Waals surface area contributed by atoms with Gasteiger partial charge in [0, 0.05) is 36.0 Å². The van der Waals surface area contributed by atoms with Crippen LogP contribution in [0.25, 0.3) is 22.3 Å². The Kier molecular flexibility index (Phi) is 5.69. The van der Waals surface area contributed by atoms with Crippen LogP contribution < -0.4 is 0 Å². The van der Waals surface area contributed by atoms with E-state index in [-0.39, 0.29) is 37.7 Å². The first-order valence-corrected chi connectivity index (χ1v) is 10.4. The van der Waals surface area contributed by atoms with E-state index in [9.17, 15) is 18.0 Å². The number of carbonyl (C=O) groups excluding carboxylic acids is 1. The zero-order valence-electron chi connectivity index (χ0n) is 16.0. The van der Waals surface area contributed by atoms with Gasteiger partial charge in [-0.3, -0.25) is 4.79 Å². The van der Waals surface area contributed by atoms with Gasteiger partial charge < -0.3 is 4.90 Å². The first-order chi connectivity index (χ1) is 14.3. The van der Waals surface area contributed by atoms with E-state index >= 15 is 0 Å². The van der Waals surface area contributed by atoms with Crippen LogP contribution in [-0.2, 0) is 0 Å². The second kappa shape index (κ2) is 8.26. The molecule has 30 heavy (non-hydrogen) atoms. The Morgan fingerprint density at radius 2 is 1.40 bits per heavy atom. The summed E-state index contributed by atoms with van der Waals surface area (Å²) in [6, 6.07) is 19.3. The predicted octanol–water partition coefficient (Wildman–Crippen LogP) is 6.79. The summed E-state index contributed by atoms with van der Waals surface area (Å²) in [6.07, 6.45) is -0.580. The van der Waals surface area contributed by atoms with Crippen molar-refractivity contribution in [2.75, 3.05) is 13.1 Å². The molecule has 1 amide bonds. The van der Waals surface area contributed by atoms with Crippen LogP contribution in [0.5, 0.6) is 0 Å². The van der Waals surface area contributed by atoms with E-state index in [1.165, 1.54) is 17.0 Å². The number of carbonyl (C=O) groups is 1. The summed E-state index contributed by atoms with van der Waals surface area (Å²) in [6.45, 7) is 0.142. The highest BCUT2D eigenvalue weighted by molar-refractivity contribution is 9.10. The molecule has 0 aliphatic carbocycles. The number of piperidine rings is 1. The van der Waals surface area contributed by atoms with Crippen LogP contribution in [0.3, 0.4) is 0 Å². The standard InChI is InChI=1S/C24H19BrF3NO/c25-22-10-7-19(15-21(22)17-5-8-20(26)9-6-17)16-1-3-18(4-2-16)23(30)29-13-11-24(27,28)12-14-29/h1-10,15H,11-14H2. The Hall–Kier alpha value is -2.60. The summed E-state index contributed by atoms with van der Waals surface area (Å²) in [7, 11) is 0. The molecule has 0 unspecified atom stereocenters. The topological polar surface area (TPSA) is 20.3 Å². The maximum absolute atomic E-state index is 13.3. The molecular formula is C24H19BrF3NO. The van der Waals surface area contributed by atoms with E-state index in [4.69, 9.17) is 0 Å². The number of amides is 1. The van der Waals surface area contributed by atoms with E-state index in [1.807, 2.05) is 30.3 Å². The average Bonchev–Trinajstić information content (AvgIpc) is 2.74. The van der Waals surface area contributed by atoms with Crippen LogP contribution in [0.1, 0.15) is 23.2 Å². The Morgan fingerprint density at radius 3 is 2.03 bits per heavy atom. The zero-order valence-corrected chi connectivity index (χ0v) is 17.6. The minimum atomic E-state index is -2.68. The smallest absolute Gasteiger partial charge is 0.253 e. The Balaban J connectivity index is 1.55. The van der Waals surface area contributed by atoms with E-state index in [0.29, 0.717) is 5.56 Å². The second-order valence-corrected chi connectivity index (χ2v) is 8.28. The van der Waals surface area contributed by atoms with Gasteiger partial charge >= 0.3 is 0 Å². The van der Waals surface area contributed by atoms with E-state index < -0.39 is 5.92 Å². The first kappa shape index (κ1) is 20.7. The summed E-state index contributed by atoms with van der Waals surface area (Å²) in [4.78, 5) is 14.1. The molecule has 1 aliphatic rings. The van der Waals surface area contributed by atoms with Crippen LogP contribution in [0.2, 0.25) is 0 Å². The Labute approximate surface area is 181 Å². The first-order valence-electron chi connectivity index (χ1n) is 9.65. The monoisotopic (exact) mass is 473 g/mol.